The van der Waals surface area contributed by atoms with Gasteiger partial charge in [-0.15, -0.1) is 11.3 Å². The van der Waals surface area contributed by atoms with Crippen LogP contribution in [0.1, 0.15) is 22.2 Å². The molecule has 0 aliphatic heterocycles. The van der Waals surface area contributed by atoms with E-state index in [-0.39, 0.29) is 12.2 Å². The highest BCUT2D eigenvalue weighted by molar-refractivity contribution is 7.09. The number of methoxy groups -OCH3 is 1. The Morgan fingerprint density at radius 1 is 1.50 bits per heavy atom. The molecule has 0 fully saturated rings. The van der Waals surface area contributed by atoms with Crippen LogP contribution in [0.15, 0.2) is 23.7 Å². The average Bonchev–Trinajstić information content (AvgIpc) is 2.78. The van der Waals surface area contributed by atoms with Crippen molar-refractivity contribution in [2.24, 2.45) is 0 Å². The summed E-state index contributed by atoms with van der Waals surface area (Å²) in [4.78, 5) is 4.85. The molecular weight excluding hydrogens is 253 g/mol. The zero-order chi connectivity index (χ0) is 13.1. The van der Waals surface area contributed by atoms with E-state index >= 15 is 0 Å². The summed E-state index contributed by atoms with van der Waals surface area (Å²) in [5.74, 6) is -0.220. The van der Waals surface area contributed by atoms with Gasteiger partial charge in [-0.05, 0) is 18.6 Å². The number of rotatable bonds is 4. The zero-order valence-electron chi connectivity index (χ0n) is 10.2. The molecule has 3 nitrogen and oxygen atoms in total. The third-order valence-corrected chi connectivity index (χ3v) is 3.79. The predicted molar refractivity (Wildman–Crippen MR) is 68.5 cm³/mol. The number of hydrogen-bond donors (Lipinski definition) is 1. The van der Waals surface area contributed by atoms with Gasteiger partial charge in [0.05, 0.1) is 29.3 Å². The Morgan fingerprint density at radius 2 is 2.28 bits per heavy atom. The average molecular weight is 267 g/mol. The normalized spacial score (nSPS) is 12.4. The highest BCUT2D eigenvalue weighted by atomic mass is 32.1. The molecule has 5 heteroatoms. The molecule has 0 amide bonds. The van der Waals surface area contributed by atoms with Crippen LogP contribution in [0, 0.1) is 12.7 Å². The first-order valence-corrected chi connectivity index (χ1v) is 6.41. The maximum Gasteiger partial charge on any atom is 0.168 e. The second-order valence-electron chi connectivity index (χ2n) is 3.96. The fraction of sp³-hybridized carbons (Fsp3) is 0.308. The molecule has 1 aromatic carbocycles. The first kappa shape index (κ1) is 13.0. The molecule has 2 rings (SSSR count). The van der Waals surface area contributed by atoms with E-state index in [0.717, 1.165) is 10.6 Å². The second-order valence-corrected chi connectivity index (χ2v) is 4.84. The quantitative estimate of drug-likeness (QED) is 0.926. The van der Waals surface area contributed by atoms with Crippen molar-refractivity contribution in [3.05, 3.63) is 45.7 Å². The number of aliphatic hydroxyl groups excluding tert-OH is 1. The monoisotopic (exact) mass is 267 g/mol. The van der Waals surface area contributed by atoms with Gasteiger partial charge in [-0.2, -0.15) is 0 Å². The number of thiazole rings is 1. The third-order valence-electron chi connectivity index (χ3n) is 2.76. The molecule has 0 saturated heterocycles. The van der Waals surface area contributed by atoms with Crippen LogP contribution < -0.4 is 4.74 Å². The lowest BCUT2D eigenvalue weighted by Gasteiger charge is -2.11. The lowest BCUT2D eigenvalue weighted by molar-refractivity contribution is 0.179. The minimum atomic E-state index is -0.737. The van der Waals surface area contributed by atoms with E-state index in [2.05, 4.69) is 4.98 Å². The standard InChI is InChI=1S/C13H14FNO2S/c1-8-13(18-7-15-8)10(16)6-9-4-3-5-11(17-2)12(9)14/h3-5,7,10,16H,6H2,1-2H3. The fourth-order valence-corrected chi connectivity index (χ4v) is 2.59. The van der Waals surface area contributed by atoms with Crippen LogP contribution in [-0.2, 0) is 6.42 Å². The van der Waals surface area contributed by atoms with Gasteiger partial charge in [0, 0.05) is 6.42 Å². The summed E-state index contributed by atoms with van der Waals surface area (Å²) in [7, 11) is 1.42. The largest absolute Gasteiger partial charge is 0.494 e. The van der Waals surface area contributed by atoms with Crippen molar-refractivity contribution < 1.29 is 14.2 Å². The van der Waals surface area contributed by atoms with Crippen LogP contribution in [-0.4, -0.2) is 17.2 Å². The van der Waals surface area contributed by atoms with Crippen molar-refractivity contribution in [2.45, 2.75) is 19.4 Å². The van der Waals surface area contributed by atoms with Crippen LogP contribution in [0.3, 0.4) is 0 Å². The molecule has 0 aliphatic carbocycles. The predicted octanol–water partition coefficient (Wildman–Crippen LogP) is 2.88. The molecule has 1 unspecified atom stereocenters. The Balaban J connectivity index is 2.22. The topological polar surface area (TPSA) is 42.4 Å². The van der Waals surface area contributed by atoms with Crippen LogP contribution in [0.2, 0.25) is 0 Å². The Kier molecular flexibility index (Phi) is 3.93. The Bertz CT molecular complexity index is 542. The van der Waals surface area contributed by atoms with Crippen LogP contribution in [0.25, 0.3) is 0 Å². The van der Waals surface area contributed by atoms with Crippen molar-refractivity contribution in [1.29, 1.82) is 0 Å². The number of halogens is 1. The van der Waals surface area contributed by atoms with Gasteiger partial charge >= 0.3 is 0 Å². The molecule has 0 bridgehead atoms. The van der Waals surface area contributed by atoms with Gasteiger partial charge in [0.2, 0.25) is 0 Å². The molecule has 1 atom stereocenters. The smallest absolute Gasteiger partial charge is 0.168 e. The summed E-state index contributed by atoms with van der Waals surface area (Å²) < 4.78 is 18.8. The van der Waals surface area contributed by atoms with Gasteiger partial charge in [-0.1, -0.05) is 12.1 Å². The first-order chi connectivity index (χ1) is 8.63. The van der Waals surface area contributed by atoms with Crippen molar-refractivity contribution >= 4 is 11.3 Å². The highest BCUT2D eigenvalue weighted by Crippen LogP contribution is 2.28. The zero-order valence-corrected chi connectivity index (χ0v) is 11.0. The van der Waals surface area contributed by atoms with Crippen molar-refractivity contribution in [1.82, 2.24) is 4.98 Å². The SMILES string of the molecule is COc1cccc(CC(O)c2scnc2C)c1F. The number of aromatic nitrogens is 1. The molecule has 0 spiro atoms. The Morgan fingerprint density at radius 3 is 2.89 bits per heavy atom. The lowest BCUT2D eigenvalue weighted by atomic mass is 10.1. The molecule has 0 radical (unpaired) electrons. The number of benzene rings is 1. The molecule has 1 N–H and O–H groups in total. The Labute approximate surface area is 109 Å². The summed E-state index contributed by atoms with van der Waals surface area (Å²) in [5, 5.41) is 10.1. The second kappa shape index (κ2) is 5.46. The van der Waals surface area contributed by atoms with E-state index in [9.17, 15) is 9.50 Å². The number of hydrogen-bond acceptors (Lipinski definition) is 4. The van der Waals surface area contributed by atoms with Gasteiger partial charge in [-0.25, -0.2) is 9.37 Å². The van der Waals surface area contributed by atoms with E-state index in [4.69, 9.17) is 4.74 Å². The molecule has 0 saturated carbocycles. The molecule has 1 heterocycles. The number of nitrogens with zero attached hydrogens (tertiary/aromatic N) is 1. The van der Waals surface area contributed by atoms with Crippen molar-refractivity contribution in [3.63, 3.8) is 0 Å². The minimum Gasteiger partial charge on any atom is -0.494 e. The summed E-state index contributed by atoms with van der Waals surface area (Å²) in [6.07, 6.45) is -0.523. The number of aliphatic hydroxyl groups is 1. The summed E-state index contributed by atoms with van der Waals surface area (Å²) in [5.41, 5.74) is 2.90. The van der Waals surface area contributed by atoms with Crippen LogP contribution in [0.5, 0.6) is 5.75 Å². The number of ether oxygens (including phenoxy) is 1. The third kappa shape index (κ3) is 2.52. The summed E-state index contributed by atoms with van der Waals surface area (Å²) in [6, 6.07) is 4.92. The van der Waals surface area contributed by atoms with Crippen LogP contribution in [0.4, 0.5) is 4.39 Å². The van der Waals surface area contributed by atoms with Gasteiger partial charge in [0.15, 0.2) is 11.6 Å². The van der Waals surface area contributed by atoms with Gasteiger partial charge < -0.3 is 9.84 Å². The summed E-state index contributed by atoms with van der Waals surface area (Å²) in [6.45, 7) is 1.83. The first-order valence-electron chi connectivity index (χ1n) is 5.53. The van der Waals surface area contributed by atoms with E-state index in [1.165, 1.54) is 18.4 Å². The van der Waals surface area contributed by atoms with E-state index in [1.54, 1.807) is 23.7 Å². The van der Waals surface area contributed by atoms with Crippen LogP contribution >= 0.6 is 11.3 Å². The Hall–Kier alpha value is -1.46. The maximum atomic E-state index is 13.9. The minimum absolute atomic E-state index is 0.195. The van der Waals surface area contributed by atoms with Gasteiger partial charge in [0.25, 0.3) is 0 Å². The highest BCUT2D eigenvalue weighted by Gasteiger charge is 2.17. The molecular formula is C13H14FNO2S. The van der Waals surface area contributed by atoms with E-state index in [0.29, 0.717) is 5.56 Å². The van der Waals surface area contributed by atoms with E-state index in [1.807, 2.05) is 6.92 Å². The fourth-order valence-electron chi connectivity index (χ4n) is 1.80. The molecule has 18 heavy (non-hydrogen) atoms. The van der Waals surface area contributed by atoms with Gasteiger partial charge in [-0.3, -0.25) is 0 Å². The molecule has 0 aliphatic rings. The number of aryl methyl sites for hydroxylation is 1. The summed E-state index contributed by atoms with van der Waals surface area (Å²) >= 11 is 1.38. The molecule has 96 valence electrons. The lowest BCUT2D eigenvalue weighted by Crippen LogP contribution is -2.04. The molecule has 2 aromatic rings. The van der Waals surface area contributed by atoms with Crippen molar-refractivity contribution in [2.75, 3.05) is 7.11 Å². The van der Waals surface area contributed by atoms with E-state index < -0.39 is 11.9 Å². The van der Waals surface area contributed by atoms with Crippen molar-refractivity contribution in [3.8, 4) is 5.75 Å². The maximum absolute atomic E-state index is 13.9. The molecule has 1 aromatic heterocycles. The van der Waals surface area contributed by atoms with Gasteiger partial charge in [0.1, 0.15) is 0 Å².